The van der Waals surface area contributed by atoms with E-state index in [0.29, 0.717) is 39.0 Å². The molecule has 5 aromatic rings. The highest BCUT2D eigenvalue weighted by Crippen LogP contribution is 2.41. The van der Waals surface area contributed by atoms with Crippen LogP contribution in [0.5, 0.6) is 11.5 Å². The second-order valence-electron chi connectivity index (χ2n) is 10.1. The zero-order valence-electron chi connectivity index (χ0n) is 22.2. The molecule has 1 N–H and O–H groups in total. The average Bonchev–Trinajstić information content (AvgIpc) is 3.64. The van der Waals surface area contributed by atoms with Crippen molar-refractivity contribution in [3.63, 3.8) is 0 Å². The quantitative estimate of drug-likeness (QED) is 0.212. The van der Waals surface area contributed by atoms with Crippen molar-refractivity contribution in [2.75, 3.05) is 17.1 Å². The van der Waals surface area contributed by atoms with Gasteiger partial charge in [0.2, 0.25) is 6.79 Å². The first kappa shape index (κ1) is 27.4. The number of anilines is 3. The maximum absolute atomic E-state index is 13.3. The van der Waals surface area contributed by atoms with E-state index in [1.807, 2.05) is 59.6 Å². The Balaban J connectivity index is 1.23. The lowest BCUT2D eigenvalue weighted by molar-refractivity contribution is -0.137. The van der Waals surface area contributed by atoms with E-state index in [9.17, 15) is 13.2 Å². The van der Waals surface area contributed by atoms with Crippen molar-refractivity contribution >= 4 is 56.9 Å². The molecule has 0 bridgehead atoms. The number of hydrogen-bond acceptors (Lipinski definition) is 6. The van der Waals surface area contributed by atoms with Gasteiger partial charge in [-0.2, -0.15) is 18.3 Å². The van der Waals surface area contributed by atoms with Crippen molar-refractivity contribution in [1.29, 1.82) is 0 Å². The van der Waals surface area contributed by atoms with Crippen LogP contribution in [0.2, 0.25) is 10.0 Å². The summed E-state index contributed by atoms with van der Waals surface area (Å²) >= 11 is 12.7. The Morgan fingerprint density at radius 1 is 0.860 bits per heavy atom. The summed E-state index contributed by atoms with van der Waals surface area (Å²) in [6.45, 7) is 0.178. The molecule has 216 valence electrons. The summed E-state index contributed by atoms with van der Waals surface area (Å²) in [7, 11) is 0. The average molecular weight is 621 g/mol. The fourth-order valence-electron chi connectivity index (χ4n) is 5.34. The van der Waals surface area contributed by atoms with Gasteiger partial charge in [-0.3, -0.25) is 9.99 Å². The van der Waals surface area contributed by atoms with Crippen LogP contribution in [0.15, 0.2) is 96.2 Å². The molecule has 2 aliphatic rings. The molecule has 4 aromatic carbocycles. The minimum atomic E-state index is -4.45. The molecule has 1 unspecified atom stereocenters. The first-order valence-corrected chi connectivity index (χ1v) is 14.0. The predicted molar refractivity (Wildman–Crippen MR) is 162 cm³/mol. The van der Waals surface area contributed by atoms with Crippen molar-refractivity contribution in [3.05, 3.63) is 118 Å². The van der Waals surface area contributed by atoms with Crippen molar-refractivity contribution in [2.24, 2.45) is 5.10 Å². The van der Waals surface area contributed by atoms with Crippen molar-refractivity contribution in [3.8, 4) is 11.5 Å². The zero-order valence-corrected chi connectivity index (χ0v) is 23.7. The van der Waals surface area contributed by atoms with Gasteiger partial charge in [-0.25, -0.2) is 0 Å². The largest absolute Gasteiger partial charge is 0.454 e. The smallest absolute Gasteiger partial charge is 0.416 e. The van der Waals surface area contributed by atoms with E-state index in [1.54, 1.807) is 12.1 Å². The molecule has 0 amide bonds. The van der Waals surface area contributed by atoms with Gasteiger partial charge < -0.3 is 14.8 Å². The van der Waals surface area contributed by atoms with Crippen molar-refractivity contribution in [2.45, 2.75) is 18.6 Å². The number of benzene rings is 4. The molecule has 1 atom stereocenters. The molecule has 0 saturated heterocycles. The van der Waals surface area contributed by atoms with E-state index in [-0.39, 0.29) is 18.4 Å². The molecule has 0 saturated carbocycles. The van der Waals surface area contributed by atoms with E-state index < -0.39 is 11.7 Å². The SMILES string of the molecule is FC(F)(F)c1ccc2c(Nc3cccc(C4CC(c5ccc6c(c5)OCO6)=NN4c4cc(Cl)cc(Cl)c4)c3)ccnc2c1. The minimum absolute atomic E-state index is 0.178. The molecule has 6 nitrogen and oxygen atoms in total. The van der Waals surface area contributed by atoms with Gasteiger partial charge >= 0.3 is 6.18 Å². The molecule has 43 heavy (non-hydrogen) atoms. The van der Waals surface area contributed by atoms with Gasteiger partial charge in [0.25, 0.3) is 0 Å². The van der Waals surface area contributed by atoms with Crippen molar-refractivity contribution < 1.29 is 22.6 Å². The molecule has 0 fully saturated rings. The zero-order chi connectivity index (χ0) is 29.7. The lowest BCUT2D eigenvalue weighted by atomic mass is 9.97. The lowest BCUT2D eigenvalue weighted by Gasteiger charge is -2.25. The highest BCUT2D eigenvalue weighted by Gasteiger charge is 2.32. The number of hydrazone groups is 1. The first-order chi connectivity index (χ1) is 20.7. The number of nitrogens with zero attached hydrogens (tertiary/aromatic N) is 3. The Kier molecular flexibility index (Phi) is 6.79. The van der Waals surface area contributed by atoms with Gasteiger partial charge in [0.1, 0.15) is 0 Å². The molecule has 11 heteroatoms. The van der Waals surface area contributed by atoms with Gasteiger partial charge in [-0.1, -0.05) is 41.4 Å². The number of alkyl halides is 3. The summed E-state index contributed by atoms with van der Waals surface area (Å²) in [4.78, 5) is 4.15. The van der Waals surface area contributed by atoms with E-state index in [4.69, 9.17) is 37.8 Å². The fraction of sp³-hybridized carbons (Fsp3) is 0.125. The topological polar surface area (TPSA) is 59.0 Å². The number of aromatic nitrogens is 1. The van der Waals surface area contributed by atoms with Crippen LogP contribution in [0.25, 0.3) is 10.9 Å². The van der Waals surface area contributed by atoms with Crippen LogP contribution in [0.1, 0.15) is 29.2 Å². The summed E-state index contributed by atoms with van der Waals surface area (Å²) in [6, 6.07) is 23.9. The second-order valence-corrected chi connectivity index (χ2v) is 11.0. The van der Waals surface area contributed by atoms with Gasteiger partial charge in [0, 0.05) is 45.0 Å². The molecular weight excluding hydrogens is 600 g/mol. The molecule has 0 radical (unpaired) electrons. The van der Waals surface area contributed by atoms with Crippen LogP contribution in [0.3, 0.4) is 0 Å². The maximum atomic E-state index is 13.3. The number of nitrogens with one attached hydrogen (secondary N) is 1. The standard InChI is InChI=1S/C32H21Cl2F3N4O2/c33-21-13-22(34)15-24(14-21)41-29(16-27(40-41)18-4-7-30-31(11-18)43-17-42-30)19-2-1-3-23(10-19)39-26-8-9-38-28-12-20(32(35,36)37)5-6-25(26)28/h1-15,29H,16-17H2,(H,38,39). The van der Waals surface area contributed by atoms with E-state index in [1.165, 1.54) is 12.3 Å². The Morgan fingerprint density at radius 2 is 1.67 bits per heavy atom. The Bertz CT molecular complexity index is 1890. The predicted octanol–water partition coefficient (Wildman–Crippen LogP) is 9.39. The van der Waals surface area contributed by atoms with Crippen LogP contribution in [-0.2, 0) is 6.18 Å². The van der Waals surface area contributed by atoms with Crippen LogP contribution in [0.4, 0.5) is 30.2 Å². The third kappa shape index (κ3) is 5.42. The number of ether oxygens (including phenoxy) is 2. The summed E-state index contributed by atoms with van der Waals surface area (Å²) in [6.07, 6.45) is -2.39. The second kappa shape index (κ2) is 10.7. The molecule has 0 spiro atoms. The van der Waals surface area contributed by atoms with Gasteiger partial charge in [-0.15, -0.1) is 0 Å². The summed E-state index contributed by atoms with van der Waals surface area (Å²) in [5.74, 6) is 1.36. The van der Waals surface area contributed by atoms with Gasteiger partial charge in [-0.05, 0) is 72.3 Å². The fourth-order valence-corrected chi connectivity index (χ4v) is 5.86. The van der Waals surface area contributed by atoms with E-state index in [2.05, 4.69) is 10.3 Å². The third-order valence-electron chi connectivity index (χ3n) is 7.35. The van der Waals surface area contributed by atoms with Crippen LogP contribution in [0, 0.1) is 0 Å². The van der Waals surface area contributed by atoms with Crippen LogP contribution in [-0.4, -0.2) is 17.5 Å². The molecule has 2 aliphatic heterocycles. The molecule has 7 rings (SSSR count). The monoisotopic (exact) mass is 620 g/mol. The van der Waals surface area contributed by atoms with Crippen LogP contribution >= 0.6 is 23.2 Å². The van der Waals surface area contributed by atoms with Crippen LogP contribution < -0.4 is 19.8 Å². The summed E-state index contributed by atoms with van der Waals surface area (Å²) in [5, 5.41) is 11.8. The van der Waals surface area contributed by atoms with E-state index in [0.717, 1.165) is 40.3 Å². The number of hydrogen-bond donors (Lipinski definition) is 1. The van der Waals surface area contributed by atoms with Gasteiger partial charge in [0.15, 0.2) is 11.5 Å². The third-order valence-corrected chi connectivity index (χ3v) is 7.78. The number of rotatable bonds is 5. The summed E-state index contributed by atoms with van der Waals surface area (Å²) in [5.41, 5.74) is 4.34. The maximum Gasteiger partial charge on any atom is 0.416 e. The highest BCUT2D eigenvalue weighted by atomic mass is 35.5. The number of halogens is 5. The lowest BCUT2D eigenvalue weighted by Crippen LogP contribution is -2.18. The minimum Gasteiger partial charge on any atom is -0.454 e. The van der Waals surface area contributed by atoms with Gasteiger partial charge in [0.05, 0.1) is 28.5 Å². The Labute approximate surface area is 254 Å². The first-order valence-electron chi connectivity index (χ1n) is 13.3. The van der Waals surface area contributed by atoms with Crippen molar-refractivity contribution in [1.82, 2.24) is 4.98 Å². The Morgan fingerprint density at radius 3 is 2.49 bits per heavy atom. The molecule has 1 aromatic heterocycles. The molecule has 3 heterocycles. The normalized spacial score (nSPS) is 16.1. The summed E-state index contributed by atoms with van der Waals surface area (Å²) < 4.78 is 50.9. The number of pyridine rings is 1. The molecule has 0 aliphatic carbocycles. The highest BCUT2D eigenvalue weighted by molar-refractivity contribution is 6.35. The number of fused-ring (bicyclic) bond motifs is 2. The Hall–Kier alpha value is -4.47. The molecular formula is C32H21Cl2F3N4O2. The van der Waals surface area contributed by atoms with E-state index >= 15 is 0 Å².